The minimum absolute atomic E-state index is 0.00587. The number of amides is 2. The van der Waals surface area contributed by atoms with Crippen LogP contribution in [0.1, 0.15) is 12.0 Å². The maximum atomic E-state index is 12.1. The Balaban J connectivity index is 1.98. The number of aliphatic carboxylic acids is 1. The fourth-order valence-corrected chi connectivity index (χ4v) is 3.16. The fourth-order valence-electron chi connectivity index (χ4n) is 1.96. The Morgan fingerprint density at radius 3 is 2.90 bits per heavy atom. The summed E-state index contributed by atoms with van der Waals surface area (Å²) in [6.45, 7) is 0.768. The third-order valence-electron chi connectivity index (χ3n) is 3.17. The molecule has 1 aliphatic heterocycles. The first-order chi connectivity index (χ1) is 9.43. The lowest BCUT2D eigenvalue weighted by molar-refractivity contribution is -0.144. The van der Waals surface area contributed by atoms with Gasteiger partial charge in [-0.2, -0.15) is 0 Å². The van der Waals surface area contributed by atoms with Crippen LogP contribution in [0.2, 0.25) is 0 Å². The zero-order valence-electron chi connectivity index (χ0n) is 10.9. The van der Waals surface area contributed by atoms with Crippen LogP contribution in [0.5, 0.6) is 0 Å². The van der Waals surface area contributed by atoms with Crippen LogP contribution in [-0.2, 0) is 16.1 Å². The molecule has 110 valence electrons. The van der Waals surface area contributed by atoms with E-state index in [1.807, 2.05) is 11.4 Å². The van der Waals surface area contributed by atoms with Crippen LogP contribution >= 0.6 is 27.3 Å². The van der Waals surface area contributed by atoms with E-state index in [1.54, 1.807) is 7.05 Å². The highest BCUT2D eigenvalue weighted by molar-refractivity contribution is 9.11. The summed E-state index contributed by atoms with van der Waals surface area (Å²) in [5.41, 5.74) is -0.313. The summed E-state index contributed by atoms with van der Waals surface area (Å²) in [7, 11) is 1.63. The number of urea groups is 1. The maximum Gasteiger partial charge on any atom is 0.332 e. The maximum absolute atomic E-state index is 12.1. The van der Waals surface area contributed by atoms with Crippen molar-refractivity contribution < 1.29 is 19.4 Å². The third-order valence-corrected chi connectivity index (χ3v) is 4.72. The number of ether oxygens (including phenoxy) is 1. The van der Waals surface area contributed by atoms with Gasteiger partial charge < -0.3 is 20.1 Å². The lowest BCUT2D eigenvalue weighted by Crippen LogP contribution is -2.57. The standard InChI is InChI=1S/C12H15BrN2O4S/c1-15(5-8-4-9(13)20-6-8)11(18)14-12(10(16)17)2-3-19-7-12/h4,6H,2-3,5,7H2,1H3,(H,14,18)(H,16,17). The molecule has 2 heterocycles. The van der Waals surface area contributed by atoms with Crippen molar-refractivity contribution in [3.63, 3.8) is 0 Å². The molecular weight excluding hydrogens is 348 g/mol. The molecule has 0 bridgehead atoms. The number of nitrogens with one attached hydrogen (secondary N) is 1. The molecular formula is C12H15BrN2O4S. The van der Waals surface area contributed by atoms with E-state index in [9.17, 15) is 14.7 Å². The van der Waals surface area contributed by atoms with Crippen LogP contribution in [0.4, 0.5) is 4.79 Å². The van der Waals surface area contributed by atoms with E-state index in [0.717, 1.165) is 9.35 Å². The molecule has 2 N–H and O–H groups in total. The van der Waals surface area contributed by atoms with Crippen molar-refractivity contribution in [1.82, 2.24) is 10.2 Å². The molecule has 1 aromatic rings. The normalized spacial score (nSPS) is 21.7. The number of hydrogen-bond donors (Lipinski definition) is 2. The summed E-state index contributed by atoms with van der Waals surface area (Å²) >= 11 is 4.90. The largest absolute Gasteiger partial charge is 0.479 e. The van der Waals surface area contributed by atoms with Gasteiger partial charge in [0.15, 0.2) is 5.54 Å². The van der Waals surface area contributed by atoms with Gasteiger partial charge in [-0.1, -0.05) is 0 Å². The molecule has 0 spiro atoms. The summed E-state index contributed by atoms with van der Waals surface area (Å²) in [6.07, 6.45) is 0.284. The molecule has 0 radical (unpaired) electrons. The molecule has 2 rings (SSSR count). The quantitative estimate of drug-likeness (QED) is 0.857. The number of nitrogens with zero attached hydrogens (tertiary/aromatic N) is 1. The summed E-state index contributed by atoms with van der Waals surface area (Å²) in [5.74, 6) is -1.06. The van der Waals surface area contributed by atoms with E-state index in [4.69, 9.17) is 4.74 Å². The number of carboxylic acid groups (broad SMARTS) is 1. The van der Waals surface area contributed by atoms with E-state index < -0.39 is 17.5 Å². The van der Waals surface area contributed by atoms with E-state index in [2.05, 4.69) is 21.2 Å². The summed E-state index contributed by atoms with van der Waals surface area (Å²) in [6, 6.07) is 1.51. The minimum Gasteiger partial charge on any atom is -0.479 e. The highest BCUT2D eigenvalue weighted by Crippen LogP contribution is 2.22. The Morgan fingerprint density at radius 1 is 1.65 bits per heavy atom. The van der Waals surface area contributed by atoms with Crippen LogP contribution in [-0.4, -0.2) is 47.8 Å². The topological polar surface area (TPSA) is 78.9 Å². The summed E-state index contributed by atoms with van der Waals surface area (Å²) in [4.78, 5) is 24.9. The molecule has 1 aromatic heterocycles. The van der Waals surface area contributed by atoms with Crippen molar-refractivity contribution in [2.24, 2.45) is 0 Å². The number of hydrogen-bond acceptors (Lipinski definition) is 4. The third kappa shape index (κ3) is 3.31. The van der Waals surface area contributed by atoms with Crippen LogP contribution in [0.3, 0.4) is 0 Å². The Morgan fingerprint density at radius 2 is 2.40 bits per heavy atom. The van der Waals surface area contributed by atoms with Crippen LogP contribution in [0.25, 0.3) is 0 Å². The predicted octanol–water partition coefficient (Wildman–Crippen LogP) is 1.90. The lowest BCUT2D eigenvalue weighted by atomic mass is 9.99. The molecule has 1 unspecified atom stereocenters. The molecule has 1 fully saturated rings. The van der Waals surface area contributed by atoms with E-state index in [1.165, 1.54) is 16.2 Å². The van der Waals surface area contributed by atoms with Gasteiger partial charge >= 0.3 is 12.0 Å². The van der Waals surface area contributed by atoms with Gasteiger partial charge in [-0.3, -0.25) is 0 Å². The molecule has 0 aromatic carbocycles. The number of halogens is 1. The van der Waals surface area contributed by atoms with Crippen molar-refractivity contribution in [2.75, 3.05) is 20.3 Å². The van der Waals surface area contributed by atoms with Gasteiger partial charge in [0, 0.05) is 26.6 Å². The summed E-state index contributed by atoms with van der Waals surface area (Å²) < 4.78 is 6.10. The molecule has 1 atom stereocenters. The first-order valence-corrected chi connectivity index (χ1v) is 7.67. The van der Waals surface area contributed by atoms with E-state index in [-0.39, 0.29) is 13.0 Å². The number of carbonyl (C=O) groups is 2. The van der Waals surface area contributed by atoms with Gasteiger partial charge in [-0.25, -0.2) is 9.59 Å². The van der Waals surface area contributed by atoms with Gasteiger partial charge in [-0.05, 0) is 32.9 Å². The smallest absolute Gasteiger partial charge is 0.332 e. The fraction of sp³-hybridized carbons (Fsp3) is 0.500. The van der Waals surface area contributed by atoms with Gasteiger partial charge in [0.05, 0.1) is 10.4 Å². The van der Waals surface area contributed by atoms with Crippen molar-refractivity contribution in [1.29, 1.82) is 0 Å². The van der Waals surface area contributed by atoms with Crippen LogP contribution in [0.15, 0.2) is 15.2 Å². The zero-order chi connectivity index (χ0) is 14.8. The monoisotopic (exact) mass is 362 g/mol. The average molecular weight is 363 g/mol. The first-order valence-electron chi connectivity index (χ1n) is 6.00. The molecule has 0 saturated carbocycles. The molecule has 6 nitrogen and oxygen atoms in total. The van der Waals surface area contributed by atoms with Gasteiger partial charge in [-0.15, -0.1) is 11.3 Å². The Kier molecular flexibility index (Phi) is 4.66. The number of rotatable bonds is 4. The first kappa shape index (κ1) is 15.3. The lowest BCUT2D eigenvalue weighted by Gasteiger charge is -2.27. The Hall–Kier alpha value is -1.12. The Bertz CT molecular complexity index is 513. The SMILES string of the molecule is CN(Cc1csc(Br)c1)C(=O)NC1(C(=O)O)CCOC1. The Labute approximate surface area is 128 Å². The van der Waals surface area contributed by atoms with Crippen molar-refractivity contribution >= 4 is 39.3 Å². The van der Waals surface area contributed by atoms with Crippen molar-refractivity contribution in [3.05, 3.63) is 20.8 Å². The number of carbonyl (C=O) groups excluding carboxylic acids is 1. The second kappa shape index (κ2) is 6.11. The summed E-state index contributed by atoms with van der Waals surface area (Å²) in [5, 5.41) is 13.8. The van der Waals surface area contributed by atoms with E-state index in [0.29, 0.717) is 13.2 Å². The molecule has 20 heavy (non-hydrogen) atoms. The number of carboxylic acids is 1. The van der Waals surface area contributed by atoms with Crippen molar-refractivity contribution in [2.45, 2.75) is 18.5 Å². The van der Waals surface area contributed by atoms with Gasteiger partial charge in [0.1, 0.15) is 0 Å². The average Bonchev–Trinajstić information content (AvgIpc) is 2.99. The second-order valence-electron chi connectivity index (χ2n) is 4.74. The van der Waals surface area contributed by atoms with E-state index >= 15 is 0 Å². The molecule has 1 aliphatic rings. The highest BCUT2D eigenvalue weighted by atomic mass is 79.9. The highest BCUT2D eigenvalue weighted by Gasteiger charge is 2.44. The number of thiophene rings is 1. The second-order valence-corrected chi connectivity index (χ2v) is 7.03. The van der Waals surface area contributed by atoms with Gasteiger partial charge in [0.25, 0.3) is 0 Å². The van der Waals surface area contributed by atoms with Crippen LogP contribution in [0, 0.1) is 0 Å². The van der Waals surface area contributed by atoms with Crippen molar-refractivity contribution in [3.8, 4) is 0 Å². The van der Waals surface area contributed by atoms with Gasteiger partial charge in [0.2, 0.25) is 0 Å². The molecule has 0 aliphatic carbocycles. The molecule has 2 amide bonds. The molecule has 1 saturated heterocycles. The molecule has 8 heteroatoms. The predicted molar refractivity (Wildman–Crippen MR) is 77.8 cm³/mol. The van der Waals surface area contributed by atoms with Crippen LogP contribution < -0.4 is 5.32 Å². The zero-order valence-corrected chi connectivity index (χ0v) is 13.3. The minimum atomic E-state index is -1.30.